The van der Waals surface area contributed by atoms with Gasteiger partial charge >= 0.3 is 11.9 Å². The van der Waals surface area contributed by atoms with Crippen molar-refractivity contribution in [2.24, 2.45) is 5.92 Å². The smallest absolute Gasteiger partial charge is 0.332 e. The van der Waals surface area contributed by atoms with Crippen molar-refractivity contribution in [3.63, 3.8) is 0 Å². The maximum absolute atomic E-state index is 11.9. The fourth-order valence-electron chi connectivity index (χ4n) is 3.12. The van der Waals surface area contributed by atoms with Gasteiger partial charge < -0.3 is 10.2 Å². The summed E-state index contributed by atoms with van der Waals surface area (Å²) in [7, 11) is 0. The Balaban J connectivity index is 2.87. The van der Waals surface area contributed by atoms with E-state index in [9.17, 15) is 19.8 Å². The Morgan fingerprint density at radius 2 is 2.04 bits per heavy atom. The number of hydrogen-bond acceptors (Lipinski definition) is 3. The number of carboxylic acid groups (broad SMARTS) is 2. The second kappa shape index (κ2) is 6.68. The largest absolute Gasteiger partial charge is 0.481 e. The first kappa shape index (κ1) is 18.1. The van der Waals surface area contributed by atoms with Crippen molar-refractivity contribution in [3.05, 3.63) is 57.6 Å². The summed E-state index contributed by atoms with van der Waals surface area (Å²) >= 11 is 12.4. The molecule has 0 saturated carbocycles. The molecule has 0 saturated heterocycles. The van der Waals surface area contributed by atoms with Gasteiger partial charge in [-0.15, -0.1) is 11.6 Å². The first-order valence-corrected chi connectivity index (χ1v) is 7.82. The molecule has 5 nitrogen and oxygen atoms in total. The predicted molar refractivity (Wildman–Crippen MR) is 89.2 cm³/mol. The Morgan fingerprint density at radius 1 is 1.38 bits per heavy atom. The minimum atomic E-state index is -1.54. The number of benzene rings is 1. The number of nitriles is 1. The number of alkyl halides is 1. The van der Waals surface area contributed by atoms with Crippen LogP contribution >= 0.6 is 23.2 Å². The summed E-state index contributed by atoms with van der Waals surface area (Å²) in [6.45, 7) is 1.58. The van der Waals surface area contributed by atoms with E-state index in [2.05, 4.69) is 0 Å². The zero-order chi connectivity index (χ0) is 18.1. The molecule has 0 bridgehead atoms. The molecule has 2 unspecified atom stereocenters. The first-order chi connectivity index (χ1) is 11.3. The van der Waals surface area contributed by atoms with E-state index in [4.69, 9.17) is 28.5 Å². The standard InChI is InChI=1S/C17H13Cl2NO4/c1-9-2-4-12(15(21)22)17(8-18,14(9)16(23)24)11-5-3-10(7-20)6-13(11)19/h2-6,12H,8H2,1H3,(H,21,22)(H,23,24). The van der Waals surface area contributed by atoms with Crippen molar-refractivity contribution in [2.45, 2.75) is 12.3 Å². The summed E-state index contributed by atoms with van der Waals surface area (Å²) in [5.41, 5.74) is -0.695. The van der Waals surface area contributed by atoms with Crippen LogP contribution in [0.1, 0.15) is 18.1 Å². The number of aliphatic carboxylic acids is 2. The van der Waals surface area contributed by atoms with E-state index in [-0.39, 0.29) is 27.6 Å². The van der Waals surface area contributed by atoms with Crippen molar-refractivity contribution in [3.8, 4) is 6.07 Å². The summed E-state index contributed by atoms with van der Waals surface area (Å²) in [4.78, 5) is 23.7. The second-order valence-corrected chi connectivity index (χ2v) is 6.12. The maximum atomic E-state index is 11.9. The molecule has 124 valence electrons. The Morgan fingerprint density at radius 3 is 2.50 bits per heavy atom. The third-order valence-corrected chi connectivity index (χ3v) is 4.91. The fraction of sp³-hybridized carbons (Fsp3) is 0.235. The Hall–Kier alpha value is -2.29. The number of carboxylic acids is 2. The normalized spacial score (nSPS) is 23.0. The lowest BCUT2D eigenvalue weighted by Crippen LogP contribution is -2.46. The molecule has 0 aliphatic heterocycles. The molecule has 2 rings (SSSR count). The van der Waals surface area contributed by atoms with Gasteiger partial charge in [0.15, 0.2) is 0 Å². The summed E-state index contributed by atoms with van der Waals surface area (Å²) in [6, 6.07) is 6.23. The Kier molecular flexibility index (Phi) is 5.02. The number of carbonyl (C=O) groups is 2. The van der Waals surface area contributed by atoms with Gasteiger partial charge in [0.1, 0.15) is 0 Å². The molecular formula is C17H13Cl2NO4. The Bertz CT molecular complexity index is 822. The molecule has 1 aromatic carbocycles. The van der Waals surface area contributed by atoms with Crippen LogP contribution in [0.2, 0.25) is 5.02 Å². The van der Waals surface area contributed by atoms with Crippen LogP contribution in [-0.4, -0.2) is 28.0 Å². The topological polar surface area (TPSA) is 98.4 Å². The SMILES string of the molecule is CC1=C(C(=O)O)C(CCl)(c2ccc(C#N)cc2Cl)C(C(=O)O)C=C1. The molecule has 1 aromatic rings. The molecule has 1 aliphatic carbocycles. The van der Waals surface area contributed by atoms with E-state index in [1.54, 1.807) is 6.92 Å². The van der Waals surface area contributed by atoms with E-state index in [1.807, 2.05) is 6.07 Å². The average Bonchev–Trinajstić information content (AvgIpc) is 2.53. The number of nitrogens with zero attached hydrogens (tertiary/aromatic N) is 1. The van der Waals surface area contributed by atoms with Gasteiger partial charge in [-0.05, 0) is 30.2 Å². The maximum Gasteiger partial charge on any atom is 0.332 e. The molecule has 0 amide bonds. The van der Waals surface area contributed by atoms with Crippen LogP contribution in [0.5, 0.6) is 0 Å². The van der Waals surface area contributed by atoms with Gasteiger partial charge in [-0.3, -0.25) is 4.79 Å². The van der Waals surface area contributed by atoms with Crippen LogP contribution < -0.4 is 0 Å². The summed E-state index contributed by atoms with van der Waals surface area (Å²) < 4.78 is 0. The molecule has 0 heterocycles. The van der Waals surface area contributed by atoms with Crippen LogP contribution in [0.3, 0.4) is 0 Å². The monoisotopic (exact) mass is 365 g/mol. The van der Waals surface area contributed by atoms with Crippen molar-refractivity contribution < 1.29 is 19.8 Å². The van der Waals surface area contributed by atoms with E-state index in [0.717, 1.165) is 0 Å². The first-order valence-electron chi connectivity index (χ1n) is 6.91. The van der Waals surface area contributed by atoms with Crippen molar-refractivity contribution >= 4 is 35.1 Å². The fourth-order valence-corrected chi connectivity index (χ4v) is 3.91. The van der Waals surface area contributed by atoms with Crippen LogP contribution in [-0.2, 0) is 15.0 Å². The van der Waals surface area contributed by atoms with Gasteiger partial charge in [0, 0.05) is 10.9 Å². The minimum Gasteiger partial charge on any atom is -0.481 e. The average molecular weight is 366 g/mol. The quantitative estimate of drug-likeness (QED) is 0.797. The van der Waals surface area contributed by atoms with E-state index < -0.39 is 23.3 Å². The van der Waals surface area contributed by atoms with Gasteiger partial charge in [0.25, 0.3) is 0 Å². The molecule has 2 N–H and O–H groups in total. The second-order valence-electron chi connectivity index (χ2n) is 5.45. The van der Waals surface area contributed by atoms with Gasteiger partial charge in [-0.1, -0.05) is 29.8 Å². The van der Waals surface area contributed by atoms with E-state index >= 15 is 0 Å². The van der Waals surface area contributed by atoms with Gasteiger partial charge in [-0.2, -0.15) is 5.26 Å². The molecule has 7 heteroatoms. The lowest BCUT2D eigenvalue weighted by Gasteiger charge is -2.40. The van der Waals surface area contributed by atoms with Gasteiger partial charge in [0.2, 0.25) is 0 Å². The van der Waals surface area contributed by atoms with Crippen LogP contribution in [0.4, 0.5) is 0 Å². The number of allylic oxidation sites excluding steroid dienone is 2. The highest BCUT2D eigenvalue weighted by molar-refractivity contribution is 6.32. The Labute approximate surface area is 148 Å². The predicted octanol–water partition coefficient (Wildman–Crippen LogP) is 3.36. The third kappa shape index (κ3) is 2.68. The van der Waals surface area contributed by atoms with Crippen LogP contribution in [0, 0.1) is 17.2 Å². The summed E-state index contributed by atoms with van der Waals surface area (Å²) in [6.07, 6.45) is 2.88. The zero-order valence-corrected chi connectivity index (χ0v) is 14.1. The van der Waals surface area contributed by atoms with E-state index in [0.29, 0.717) is 5.57 Å². The third-order valence-electron chi connectivity index (χ3n) is 4.18. The molecular weight excluding hydrogens is 353 g/mol. The van der Waals surface area contributed by atoms with Crippen molar-refractivity contribution in [1.29, 1.82) is 5.26 Å². The lowest BCUT2D eigenvalue weighted by molar-refractivity contribution is -0.142. The molecule has 0 spiro atoms. The highest BCUT2D eigenvalue weighted by Gasteiger charge is 2.51. The summed E-state index contributed by atoms with van der Waals surface area (Å²) in [5, 5.41) is 28.4. The van der Waals surface area contributed by atoms with Crippen molar-refractivity contribution in [1.82, 2.24) is 0 Å². The highest BCUT2D eigenvalue weighted by Crippen LogP contribution is 2.48. The lowest BCUT2D eigenvalue weighted by atomic mass is 9.63. The summed E-state index contributed by atoms with van der Waals surface area (Å²) in [5.74, 6) is -3.96. The minimum absolute atomic E-state index is 0.0998. The van der Waals surface area contributed by atoms with E-state index in [1.165, 1.54) is 30.4 Å². The molecule has 0 radical (unpaired) electrons. The molecule has 2 atom stereocenters. The highest BCUT2D eigenvalue weighted by atomic mass is 35.5. The molecule has 1 aliphatic rings. The molecule has 0 fully saturated rings. The number of rotatable bonds is 4. The number of hydrogen-bond donors (Lipinski definition) is 2. The van der Waals surface area contributed by atoms with Gasteiger partial charge in [-0.25, -0.2) is 4.79 Å². The molecule has 24 heavy (non-hydrogen) atoms. The van der Waals surface area contributed by atoms with Gasteiger partial charge in [0.05, 0.1) is 28.5 Å². The number of halogens is 2. The molecule has 0 aromatic heterocycles. The zero-order valence-electron chi connectivity index (χ0n) is 12.6. The van der Waals surface area contributed by atoms with Crippen LogP contribution in [0.25, 0.3) is 0 Å². The van der Waals surface area contributed by atoms with Crippen molar-refractivity contribution in [2.75, 3.05) is 5.88 Å². The van der Waals surface area contributed by atoms with Crippen LogP contribution in [0.15, 0.2) is 41.5 Å².